The van der Waals surface area contributed by atoms with Gasteiger partial charge in [0, 0.05) is 9.50 Å². The Labute approximate surface area is 139 Å². The number of benzene rings is 2. The van der Waals surface area contributed by atoms with Crippen LogP contribution in [-0.2, 0) is 0 Å². The molecule has 2 nitrogen and oxygen atoms in total. The summed E-state index contributed by atoms with van der Waals surface area (Å²) in [7, 11) is 3.67. The van der Waals surface area contributed by atoms with Crippen LogP contribution in [0.2, 0.25) is 5.02 Å². The molecule has 0 bridgehead atoms. The first-order valence-electron chi connectivity index (χ1n) is 6.75. The molecule has 0 radical (unpaired) electrons. The SMILES string of the molecule is CNC(c1cc(C)c(OC)c(C)c1)c1ccc(Cl)cc1Br. The van der Waals surface area contributed by atoms with Gasteiger partial charge in [-0.05, 0) is 55.3 Å². The minimum Gasteiger partial charge on any atom is -0.496 e. The molecule has 1 N–H and O–H groups in total. The molecule has 1 atom stereocenters. The summed E-state index contributed by atoms with van der Waals surface area (Å²) in [6.07, 6.45) is 0. The predicted molar refractivity (Wildman–Crippen MR) is 92.5 cm³/mol. The molecule has 0 saturated heterocycles. The van der Waals surface area contributed by atoms with Gasteiger partial charge in [-0.3, -0.25) is 0 Å². The third kappa shape index (κ3) is 3.42. The molecule has 0 aromatic heterocycles. The van der Waals surface area contributed by atoms with Crippen molar-refractivity contribution >= 4 is 27.5 Å². The molecule has 0 aliphatic carbocycles. The van der Waals surface area contributed by atoms with Gasteiger partial charge in [-0.1, -0.05) is 45.7 Å². The third-order valence-corrected chi connectivity index (χ3v) is 4.50. The highest BCUT2D eigenvalue weighted by Crippen LogP contribution is 2.33. The van der Waals surface area contributed by atoms with Crippen LogP contribution in [0, 0.1) is 13.8 Å². The molecule has 4 heteroatoms. The van der Waals surface area contributed by atoms with Gasteiger partial charge >= 0.3 is 0 Å². The maximum atomic E-state index is 6.03. The van der Waals surface area contributed by atoms with E-state index in [2.05, 4.69) is 47.2 Å². The van der Waals surface area contributed by atoms with Crippen molar-refractivity contribution < 1.29 is 4.74 Å². The second kappa shape index (κ2) is 6.82. The lowest BCUT2D eigenvalue weighted by atomic mass is 9.95. The Hall–Kier alpha value is -1.03. The van der Waals surface area contributed by atoms with Crippen molar-refractivity contribution in [3.63, 3.8) is 0 Å². The monoisotopic (exact) mass is 367 g/mol. The van der Waals surface area contributed by atoms with Gasteiger partial charge in [0.15, 0.2) is 0 Å². The van der Waals surface area contributed by atoms with E-state index in [1.165, 1.54) is 5.56 Å². The van der Waals surface area contributed by atoms with Crippen LogP contribution in [0.1, 0.15) is 28.3 Å². The molecular weight excluding hydrogens is 350 g/mol. The first-order valence-corrected chi connectivity index (χ1v) is 7.92. The molecule has 0 spiro atoms. The van der Waals surface area contributed by atoms with Crippen LogP contribution >= 0.6 is 27.5 Å². The van der Waals surface area contributed by atoms with E-state index in [0.29, 0.717) is 0 Å². The van der Waals surface area contributed by atoms with Crippen LogP contribution in [0.25, 0.3) is 0 Å². The average molecular weight is 369 g/mol. The highest BCUT2D eigenvalue weighted by molar-refractivity contribution is 9.10. The van der Waals surface area contributed by atoms with E-state index in [9.17, 15) is 0 Å². The summed E-state index contributed by atoms with van der Waals surface area (Å²) in [5, 5.41) is 4.10. The van der Waals surface area contributed by atoms with Crippen LogP contribution in [-0.4, -0.2) is 14.2 Å². The number of halogens is 2. The fourth-order valence-electron chi connectivity index (χ4n) is 2.71. The number of hydrogen-bond donors (Lipinski definition) is 1. The van der Waals surface area contributed by atoms with Gasteiger partial charge in [-0.15, -0.1) is 0 Å². The number of nitrogens with one attached hydrogen (secondary N) is 1. The van der Waals surface area contributed by atoms with Crippen molar-refractivity contribution in [1.82, 2.24) is 5.32 Å². The quantitative estimate of drug-likeness (QED) is 0.816. The molecule has 2 aromatic rings. The van der Waals surface area contributed by atoms with Gasteiger partial charge in [0.1, 0.15) is 5.75 Å². The van der Waals surface area contributed by atoms with E-state index in [-0.39, 0.29) is 6.04 Å². The largest absolute Gasteiger partial charge is 0.496 e. The van der Waals surface area contributed by atoms with Crippen LogP contribution < -0.4 is 10.1 Å². The van der Waals surface area contributed by atoms with Gasteiger partial charge < -0.3 is 10.1 Å². The minimum absolute atomic E-state index is 0.0972. The zero-order valence-electron chi connectivity index (χ0n) is 12.6. The molecule has 0 heterocycles. The van der Waals surface area contributed by atoms with Crippen LogP contribution in [0.15, 0.2) is 34.8 Å². The second-order valence-electron chi connectivity index (χ2n) is 5.08. The Morgan fingerprint density at radius 1 is 1.14 bits per heavy atom. The van der Waals surface area contributed by atoms with E-state index in [4.69, 9.17) is 16.3 Å². The number of methoxy groups -OCH3 is 1. The van der Waals surface area contributed by atoms with Crippen molar-refractivity contribution in [1.29, 1.82) is 0 Å². The topological polar surface area (TPSA) is 21.3 Å². The number of rotatable bonds is 4. The van der Waals surface area contributed by atoms with E-state index >= 15 is 0 Å². The third-order valence-electron chi connectivity index (χ3n) is 3.58. The Morgan fingerprint density at radius 3 is 2.24 bits per heavy atom. The minimum atomic E-state index is 0.0972. The highest BCUT2D eigenvalue weighted by Gasteiger charge is 2.17. The fraction of sp³-hybridized carbons (Fsp3) is 0.294. The fourth-order valence-corrected chi connectivity index (χ4v) is 3.62. The van der Waals surface area contributed by atoms with Crippen molar-refractivity contribution in [2.75, 3.05) is 14.2 Å². The number of aryl methyl sites for hydroxylation is 2. The summed E-state index contributed by atoms with van der Waals surface area (Å²) >= 11 is 9.64. The van der Waals surface area contributed by atoms with Gasteiger partial charge in [-0.2, -0.15) is 0 Å². The molecule has 0 aliphatic heterocycles. The highest BCUT2D eigenvalue weighted by atomic mass is 79.9. The lowest BCUT2D eigenvalue weighted by Gasteiger charge is -2.21. The van der Waals surface area contributed by atoms with Crippen LogP contribution in [0.3, 0.4) is 0 Å². The molecule has 0 aliphatic rings. The molecule has 2 aromatic carbocycles. The smallest absolute Gasteiger partial charge is 0.124 e. The van der Waals surface area contributed by atoms with Gasteiger partial charge in [0.2, 0.25) is 0 Å². The zero-order chi connectivity index (χ0) is 15.6. The molecule has 2 rings (SSSR count). The van der Waals surface area contributed by atoms with Crippen molar-refractivity contribution in [2.24, 2.45) is 0 Å². The normalized spacial score (nSPS) is 12.3. The molecular formula is C17H19BrClNO. The molecule has 21 heavy (non-hydrogen) atoms. The summed E-state index contributed by atoms with van der Waals surface area (Å²) in [5.41, 5.74) is 4.64. The Morgan fingerprint density at radius 2 is 1.76 bits per heavy atom. The first kappa shape index (κ1) is 16.3. The average Bonchev–Trinajstić information content (AvgIpc) is 2.41. The molecule has 112 valence electrons. The van der Waals surface area contributed by atoms with Gasteiger partial charge in [0.05, 0.1) is 13.2 Å². The van der Waals surface area contributed by atoms with Crippen molar-refractivity contribution in [2.45, 2.75) is 19.9 Å². The van der Waals surface area contributed by atoms with E-state index in [0.717, 1.165) is 31.9 Å². The standard InChI is InChI=1S/C17H19BrClNO/c1-10-7-12(8-11(2)17(10)21-4)16(20-3)14-6-5-13(19)9-15(14)18/h5-9,16,20H,1-4H3. The summed E-state index contributed by atoms with van der Waals surface area (Å²) in [6, 6.07) is 10.3. The van der Waals surface area contributed by atoms with Crippen molar-refractivity contribution in [3.8, 4) is 5.75 Å². The molecule has 0 saturated carbocycles. The lowest BCUT2D eigenvalue weighted by Crippen LogP contribution is -2.18. The van der Waals surface area contributed by atoms with E-state index in [1.807, 2.05) is 25.2 Å². The van der Waals surface area contributed by atoms with Crippen molar-refractivity contribution in [3.05, 3.63) is 62.1 Å². The summed E-state index contributed by atoms with van der Waals surface area (Å²) < 4.78 is 6.44. The van der Waals surface area contributed by atoms with Crippen LogP contribution in [0.4, 0.5) is 0 Å². The van der Waals surface area contributed by atoms with E-state index < -0.39 is 0 Å². The number of ether oxygens (including phenoxy) is 1. The summed E-state index contributed by atoms with van der Waals surface area (Å²) in [4.78, 5) is 0. The predicted octanol–water partition coefficient (Wildman–Crippen LogP) is 5.04. The lowest BCUT2D eigenvalue weighted by molar-refractivity contribution is 0.408. The maximum absolute atomic E-state index is 6.03. The van der Waals surface area contributed by atoms with Gasteiger partial charge in [-0.25, -0.2) is 0 Å². The molecule has 0 fully saturated rings. The van der Waals surface area contributed by atoms with E-state index in [1.54, 1.807) is 7.11 Å². The Bertz CT molecular complexity index is 634. The zero-order valence-corrected chi connectivity index (χ0v) is 15.0. The Kier molecular flexibility index (Phi) is 5.31. The molecule has 0 amide bonds. The summed E-state index contributed by atoms with van der Waals surface area (Å²) in [6.45, 7) is 4.14. The maximum Gasteiger partial charge on any atom is 0.124 e. The second-order valence-corrected chi connectivity index (χ2v) is 6.37. The summed E-state index contributed by atoms with van der Waals surface area (Å²) in [5.74, 6) is 0.948. The number of hydrogen-bond acceptors (Lipinski definition) is 2. The molecule has 1 unspecified atom stereocenters. The Balaban J connectivity index is 2.51. The van der Waals surface area contributed by atoms with Crippen LogP contribution in [0.5, 0.6) is 5.75 Å². The first-order chi connectivity index (χ1) is 9.97. The van der Waals surface area contributed by atoms with Gasteiger partial charge in [0.25, 0.3) is 0 Å².